The normalized spacial score (nSPS) is 11.5. The first-order valence-corrected chi connectivity index (χ1v) is 4.95. The molecule has 1 aromatic rings. The quantitative estimate of drug-likeness (QED) is 0.771. The molecule has 0 amide bonds. The lowest BCUT2D eigenvalue weighted by Gasteiger charge is -2.16. The molecule has 4 heteroatoms. The summed E-state index contributed by atoms with van der Waals surface area (Å²) < 4.78 is 0.815. The van der Waals surface area contributed by atoms with Crippen LogP contribution in [0.15, 0.2) is 10.8 Å². The summed E-state index contributed by atoms with van der Waals surface area (Å²) in [6.45, 7) is 6.27. The third-order valence-electron chi connectivity index (χ3n) is 1.68. The summed E-state index contributed by atoms with van der Waals surface area (Å²) >= 11 is 3.39. The monoisotopic (exact) mass is 243 g/mol. The van der Waals surface area contributed by atoms with Crippen LogP contribution in [0.1, 0.15) is 26.6 Å². The minimum absolute atomic E-state index is 0.00517. The lowest BCUT2D eigenvalue weighted by atomic mass is 9.96. The van der Waals surface area contributed by atoms with Crippen LogP contribution in [0.5, 0.6) is 0 Å². The standard InChI is InChI=1S/C9H14BrN3/c1-9(2,3)8-12-5-6(11-4)7(10)13-8/h5,11H,1-4H3. The Morgan fingerprint density at radius 2 is 2.00 bits per heavy atom. The number of halogens is 1. The number of hydrogen-bond acceptors (Lipinski definition) is 3. The highest BCUT2D eigenvalue weighted by molar-refractivity contribution is 9.10. The van der Waals surface area contributed by atoms with Crippen LogP contribution >= 0.6 is 15.9 Å². The molecule has 72 valence electrons. The number of aromatic nitrogens is 2. The van der Waals surface area contributed by atoms with E-state index in [1.165, 1.54) is 0 Å². The molecule has 0 aliphatic rings. The second kappa shape index (κ2) is 3.62. The molecule has 1 N–H and O–H groups in total. The molecule has 13 heavy (non-hydrogen) atoms. The van der Waals surface area contributed by atoms with Gasteiger partial charge in [-0.05, 0) is 15.9 Å². The van der Waals surface area contributed by atoms with Crippen LogP contribution in [-0.2, 0) is 5.41 Å². The number of nitrogens with zero attached hydrogens (tertiary/aromatic N) is 2. The molecule has 3 nitrogen and oxygen atoms in total. The molecule has 0 aliphatic carbocycles. The molecular weight excluding hydrogens is 230 g/mol. The van der Waals surface area contributed by atoms with Crippen molar-refractivity contribution in [3.63, 3.8) is 0 Å². The Hall–Kier alpha value is -0.640. The average molecular weight is 244 g/mol. The highest BCUT2D eigenvalue weighted by Crippen LogP contribution is 2.23. The second-order valence-corrected chi connectivity index (χ2v) is 4.65. The van der Waals surface area contributed by atoms with Crippen LogP contribution in [0, 0.1) is 0 Å². The molecule has 0 aliphatic heterocycles. The fourth-order valence-electron chi connectivity index (χ4n) is 0.890. The van der Waals surface area contributed by atoms with E-state index in [1.807, 2.05) is 7.05 Å². The van der Waals surface area contributed by atoms with Crippen LogP contribution in [0.4, 0.5) is 5.69 Å². The molecule has 0 fully saturated rings. The minimum atomic E-state index is -0.00517. The molecular formula is C9H14BrN3. The van der Waals surface area contributed by atoms with Crippen molar-refractivity contribution in [2.75, 3.05) is 12.4 Å². The zero-order chi connectivity index (χ0) is 10.1. The molecule has 0 unspecified atom stereocenters. The predicted molar refractivity (Wildman–Crippen MR) is 58.0 cm³/mol. The van der Waals surface area contributed by atoms with Crippen molar-refractivity contribution < 1.29 is 0 Å². The minimum Gasteiger partial charge on any atom is -0.385 e. The van der Waals surface area contributed by atoms with Gasteiger partial charge < -0.3 is 5.32 Å². The van der Waals surface area contributed by atoms with Crippen molar-refractivity contribution >= 4 is 21.6 Å². The maximum atomic E-state index is 4.36. The molecule has 0 radical (unpaired) electrons. The van der Waals surface area contributed by atoms with Gasteiger partial charge in [0, 0.05) is 12.5 Å². The largest absolute Gasteiger partial charge is 0.385 e. The van der Waals surface area contributed by atoms with Crippen LogP contribution < -0.4 is 5.32 Å². The molecule has 1 heterocycles. The van der Waals surface area contributed by atoms with Crippen LogP contribution in [0.3, 0.4) is 0 Å². The van der Waals surface area contributed by atoms with E-state index < -0.39 is 0 Å². The average Bonchev–Trinajstić information content (AvgIpc) is 2.02. The van der Waals surface area contributed by atoms with Crippen LogP contribution in [-0.4, -0.2) is 17.0 Å². The zero-order valence-electron chi connectivity index (χ0n) is 8.35. The summed E-state index contributed by atoms with van der Waals surface area (Å²) in [5.74, 6) is 0.846. The van der Waals surface area contributed by atoms with Crippen molar-refractivity contribution in [1.29, 1.82) is 0 Å². The Morgan fingerprint density at radius 1 is 1.38 bits per heavy atom. The zero-order valence-corrected chi connectivity index (χ0v) is 9.94. The van der Waals surface area contributed by atoms with Gasteiger partial charge in [0.05, 0.1) is 11.9 Å². The Morgan fingerprint density at radius 3 is 2.38 bits per heavy atom. The van der Waals surface area contributed by atoms with Crippen molar-refractivity contribution in [3.8, 4) is 0 Å². The molecule has 1 rings (SSSR count). The lowest BCUT2D eigenvalue weighted by molar-refractivity contribution is 0.544. The number of nitrogens with one attached hydrogen (secondary N) is 1. The Labute approximate surface area is 87.1 Å². The van der Waals surface area contributed by atoms with Gasteiger partial charge >= 0.3 is 0 Å². The third-order valence-corrected chi connectivity index (χ3v) is 2.29. The first-order valence-electron chi connectivity index (χ1n) is 4.16. The molecule has 1 aromatic heterocycles. The predicted octanol–water partition coefficient (Wildman–Crippen LogP) is 2.58. The van der Waals surface area contributed by atoms with Gasteiger partial charge in [0.2, 0.25) is 0 Å². The fraction of sp³-hybridized carbons (Fsp3) is 0.556. The third kappa shape index (κ3) is 2.40. The van der Waals surface area contributed by atoms with Gasteiger partial charge in [0.15, 0.2) is 0 Å². The fourth-order valence-corrected chi connectivity index (χ4v) is 1.36. The summed E-state index contributed by atoms with van der Waals surface area (Å²) in [4.78, 5) is 8.64. The molecule has 0 atom stereocenters. The van der Waals surface area contributed by atoms with Crippen molar-refractivity contribution in [1.82, 2.24) is 9.97 Å². The molecule has 0 bridgehead atoms. The van der Waals surface area contributed by atoms with E-state index in [1.54, 1.807) is 6.20 Å². The molecule has 0 saturated carbocycles. The van der Waals surface area contributed by atoms with Gasteiger partial charge in [-0.3, -0.25) is 0 Å². The van der Waals surface area contributed by atoms with Crippen molar-refractivity contribution in [2.45, 2.75) is 26.2 Å². The Balaban J connectivity index is 3.10. The van der Waals surface area contributed by atoms with Gasteiger partial charge in [-0.1, -0.05) is 20.8 Å². The highest BCUT2D eigenvalue weighted by atomic mass is 79.9. The Kier molecular flexibility index (Phi) is 2.91. The van der Waals surface area contributed by atoms with Gasteiger partial charge in [-0.15, -0.1) is 0 Å². The Bertz CT molecular complexity index is 304. The first-order chi connectivity index (χ1) is 5.95. The molecule has 0 spiro atoms. The summed E-state index contributed by atoms with van der Waals surface area (Å²) in [5.41, 5.74) is 0.905. The number of hydrogen-bond donors (Lipinski definition) is 1. The van der Waals surface area contributed by atoms with Crippen molar-refractivity contribution in [2.24, 2.45) is 0 Å². The summed E-state index contributed by atoms with van der Waals surface area (Å²) in [6, 6.07) is 0. The highest BCUT2D eigenvalue weighted by Gasteiger charge is 2.18. The van der Waals surface area contributed by atoms with Gasteiger partial charge in [0.25, 0.3) is 0 Å². The van der Waals surface area contributed by atoms with E-state index >= 15 is 0 Å². The SMILES string of the molecule is CNc1cnc(C(C)(C)C)nc1Br. The summed E-state index contributed by atoms with van der Waals surface area (Å²) in [6.07, 6.45) is 1.79. The molecule has 0 aromatic carbocycles. The van der Waals surface area contributed by atoms with E-state index in [0.29, 0.717) is 0 Å². The summed E-state index contributed by atoms with van der Waals surface area (Å²) in [7, 11) is 1.85. The second-order valence-electron chi connectivity index (χ2n) is 3.90. The topological polar surface area (TPSA) is 37.8 Å². The van der Waals surface area contributed by atoms with E-state index in [-0.39, 0.29) is 5.41 Å². The van der Waals surface area contributed by atoms with Gasteiger partial charge in [-0.25, -0.2) is 9.97 Å². The maximum Gasteiger partial charge on any atom is 0.135 e. The van der Waals surface area contributed by atoms with Gasteiger partial charge in [-0.2, -0.15) is 0 Å². The van der Waals surface area contributed by atoms with Crippen LogP contribution in [0.25, 0.3) is 0 Å². The van der Waals surface area contributed by atoms with E-state index in [0.717, 1.165) is 16.1 Å². The van der Waals surface area contributed by atoms with Crippen LogP contribution in [0.2, 0.25) is 0 Å². The van der Waals surface area contributed by atoms with Crippen molar-refractivity contribution in [3.05, 3.63) is 16.6 Å². The lowest BCUT2D eigenvalue weighted by Crippen LogP contribution is -2.16. The maximum absolute atomic E-state index is 4.36. The van der Waals surface area contributed by atoms with E-state index in [2.05, 4.69) is 52.0 Å². The first kappa shape index (κ1) is 10.4. The molecule has 0 saturated heterocycles. The van der Waals surface area contributed by atoms with E-state index in [4.69, 9.17) is 0 Å². The number of anilines is 1. The smallest absolute Gasteiger partial charge is 0.135 e. The number of rotatable bonds is 1. The van der Waals surface area contributed by atoms with Gasteiger partial charge in [0.1, 0.15) is 10.4 Å². The van der Waals surface area contributed by atoms with E-state index in [9.17, 15) is 0 Å². The summed E-state index contributed by atoms with van der Waals surface area (Å²) in [5, 5.41) is 3.00.